The zero-order valence-electron chi connectivity index (χ0n) is 15.3. The molecule has 1 amide bonds. The van der Waals surface area contributed by atoms with Crippen LogP contribution in [0.2, 0.25) is 0 Å². The summed E-state index contributed by atoms with van der Waals surface area (Å²) in [5.74, 6) is 0.455. The van der Waals surface area contributed by atoms with Gasteiger partial charge in [-0.25, -0.2) is 14.9 Å². The number of nitrogens with zero attached hydrogens (tertiary/aromatic N) is 1. The SMILES string of the molecule is COc1ccc(CONC(=O)c2cccnc2NCc2ccc(F)cc2)cc1. The fourth-order valence-corrected chi connectivity index (χ4v) is 2.48. The van der Waals surface area contributed by atoms with Gasteiger partial charge in [0.2, 0.25) is 0 Å². The van der Waals surface area contributed by atoms with E-state index in [1.54, 1.807) is 37.6 Å². The molecule has 2 aromatic carbocycles. The van der Waals surface area contributed by atoms with Crippen molar-refractivity contribution in [3.05, 3.63) is 89.4 Å². The molecule has 0 fully saturated rings. The van der Waals surface area contributed by atoms with Crippen LogP contribution in [-0.2, 0) is 18.0 Å². The lowest BCUT2D eigenvalue weighted by Crippen LogP contribution is -2.25. The Morgan fingerprint density at radius 1 is 1.04 bits per heavy atom. The number of ether oxygens (including phenoxy) is 1. The minimum atomic E-state index is -0.414. The van der Waals surface area contributed by atoms with Crippen LogP contribution in [0.4, 0.5) is 10.2 Å². The largest absolute Gasteiger partial charge is 0.497 e. The van der Waals surface area contributed by atoms with Crippen LogP contribution in [0, 0.1) is 5.82 Å². The van der Waals surface area contributed by atoms with Crippen LogP contribution >= 0.6 is 0 Å². The van der Waals surface area contributed by atoms with Crippen LogP contribution in [0.3, 0.4) is 0 Å². The number of anilines is 1. The van der Waals surface area contributed by atoms with Gasteiger partial charge in [0.05, 0.1) is 19.3 Å². The van der Waals surface area contributed by atoms with E-state index in [2.05, 4.69) is 15.8 Å². The van der Waals surface area contributed by atoms with Crippen molar-refractivity contribution in [3.8, 4) is 5.75 Å². The minimum Gasteiger partial charge on any atom is -0.497 e. The maximum atomic E-state index is 13.0. The van der Waals surface area contributed by atoms with Gasteiger partial charge in [-0.05, 0) is 47.5 Å². The van der Waals surface area contributed by atoms with Crippen LogP contribution in [0.5, 0.6) is 5.75 Å². The molecule has 0 atom stereocenters. The number of benzene rings is 2. The summed E-state index contributed by atoms with van der Waals surface area (Å²) in [7, 11) is 1.60. The van der Waals surface area contributed by atoms with Crippen molar-refractivity contribution in [2.24, 2.45) is 0 Å². The molecular weight excluding hydrogens is 361 g/mol. The summed E-state index contributed by atoms with van der Waals surface area (Å²) in [5, 5.41) is 3.09. The Balaban J connectivity index is 1.56. The number of pyridine rings is 1. The topological polar surface area (TPSA) is 72.5 Å². The lowest BCUT2D eigenvalue weighted by molar-refractivity contribution is 0.0234. The molecule has 3 aromatic rings. The third kappa shape index (κ3) is 5.28. The van der Waals surface area contributed by atoms with Crippen LogP contribution < -0.4 is 15.5 Å². The van der Waals surface area contributed by atoms with Crippen molar-refractivity contribution >= 4 is 11.7 Å². The van der Waals surface area contributed by atoms with Gasteiger partial charge in [0.15, 0.2) is 0 Å². The van der Waals surface area contributed by atoms with Gasteiger partial charge in [-0.15, -0.1) is 0 Å². The molecule has 0 bridgehead atoms. The molecule has 6 nitrogen and oxygen atoms in total. The summed E-state index contributed by atoms with van der Waals surface area (Å²) in [6.07, 6.45) is 1.59. The zero-order chi connectivity index (χ0) is 19.8. The normalized spacial score (nSPS) is 10.4. The lowest BCUT2D eigenvalue weighted by atomic mass is 10.2. The predicted molar refractivity (Wildman–Crippen MR) is 103 cm³/mol. The first kappa shape index (κ1) is 19.3. The number of hydrogen-bond donors (Lipinski definition) is 2. The highest BCUT2D eigenvalue weighted by Gasteiger charge is 2.12. The fraction of sp³-hybridized carbons (Fsp3) is 0.143. The molecule has 0 aliphatic rings. The average Bonchev–Trinajstić information content (AvgIpc) is 2.74. The Hall–Kier alpha value is -3.45. The number of carbonyl (C=O) groups excluding carboxylic acids is 1. The Morgan fingerprint density at radius 3 is 2.46 bits per heavy atom. The highest BCUT2D eigenvalue weighted by atomic mass is 19.1. The number of nitrogens with one attached hydrogen (secondary N) is 2. The number of methoxy groups -OCH3 is 1. The lowest BCUT2D eigenvalue weighted by Gasteiger charge is -2.11. The van der Waals surface area contributed by atoms with Crippen molar-refractivity contribution in [2.75, 3.05) is 12.4 Å². The van der Waals surface area contributed by atoms with Gasteiger partial charge < -0.3 is 10.1 Å². The molecule has 0 saturated heterocycles. The van der Waals surface area contributed by atoms with E-state index in [9.17, 15) is 9.18 Å². The Bertz CT molecular complexity index is 915. The predicted octanol–water partition coefficient (Wildman–Crippen LogP) is 3.70. The van der Waals surface area contributed by atoms with E-state index in [0.717, 1.165) is 16.9 Å². The Labute approximate surface area is 162 Å². The van der Waals surface area contributed by atoms with E-state index in [1.165, 1.54) is 12.1 Å². The van der Waals surface area contributed by atoms with Gasteiger partial charge in [0, 0.05) is 12.7 Å². The van der Waals surface area contributed by atoms with E-state index < -0.39 is 5.91 Å². The first-order valence-electron chi connectivity index (χ1n) is 8.64. The van der Waals surface area contributed by atoms with Crippen molar-refractivity contribution in [1.29, 1.82) is 0 Å². The van der Waals surface area contributed by atoms with Gasteiger partial charge in [-0.3, -0.25) is 9.63 Å². The molecule has 0 radical (unpaired) electrons. The summed E-state index contributed by atoms with van der Waals surface area (Å²) in [5.41, 5.74) is 4.53. The second-order valence-corrected chi connectivity index (χ2v) is 5.95. The maximum absolute atomic E-state index is 13.0. The Kier molecular flexibility index (Phi) is 6.54. The summed E-state index contributed by atoms with van der Waals surface area (Å²) >= 11 is 0. The minimum absolute atomic E-state index is 0.217. The molecule has 0 saturated carbocycles. The van der Waals surface area contributed by atoms with Crippen LogP contribution in [0.1, 0.15) is 21.5 Å². The van der Waals surface area contributed by atoms with Crippen LogP contribution in [0.15, 0.2) is 66.9 Å². The summed E-state index contributed by atoms with van der Waals surface area (Å²) in [6.45, 7) is 0.624. The van der Waals surface area contributed by atoms with E-state index in [0.29, 0.717) is 17.9 Å². The van der Waals surface area contributed by atoms with Crippen molar-refractivity contribution in [2.45, 2.75) is 13.2 Å². The van der Waals surface area contributed by atoms with Gasteiger partial charge >= 0.3 is 0 Å². The van der Waals surface area contributed by atoms with Gasteiger partial charge in [0.25, 0.3) is 5.91 Å². The molecule has 1 aromatic heterocycles. The summed E-state index contributed by atoms with van der Waals surface area (Å²) in [4.78, 5) is 21.9. The molecule has 2 N–H and O–H groups in total. The average molecular weight is 381 g/mol. The first-order valence-corrected chi connectivity index (χ1v) is 8.64. The first-order chi connectivity index (χ1) is 13.7. The molecule has 144 valence electrons. The van der Waals surface area contributed by atoms with Crippen molar-refractivity contribution in [1.82, 2.24) is 10.5 Å². The second kappa shape index (κ2) is 9.48. The molecular formula is C21H20FN3O3. The number of carbonyl (C=O) groups is 1. The van der Waals surface area contributed by atoms with E-state index >= 15 is 0 Å². The standard InChI is InChI=1S/C21H20FN3O3/c1-27-18-10-6-16(7-11-18)14-28-25-21(26)19-3-2-12-23-20(19)24-13-15-4-8-17(22)9-5-15/h2-12H,13-14H2,1H3,(H,23,24)(H,25,26). The quantitative estimate of drug-likeness (QED) is 0.582. The van der Waals surface area contributed by atoms with Gasteiger partial charge in [-0.1, -0.05) is 24.3 Å². The van der Waals surface area contributed by atoms with Gasteiger partial charge in [0.1, 0.15) is 17.4 Å². The molecule has 1 heterocycles. The van der Waals surface area contributed by atoms with Crippen LogP contribution in [0.25, 0.3) is 0 Å². The number of halogens is 1. The summed E-state index contributed by atoms with van der Waals surface area (Å²) in [6, 6.07) is 16.8. The molecule has 0 aliphatic carbocycles. The second-order valence-electron chi connectivity index (χ2n) is 5.95. The summed E-state index contributed by atoms with van der Waals surface area (Å²) < 4.78 is 18.1. The maximum Gasteiger partial charge on any atom is 0.278 e. The Morgan fingerprint density at radius 2 is 1.75 bits per heavy atom. The smallest absolute Gasteiger partial charge is 0.278 e. The van der Waals surface area contributed by atoms with Crippen LogP contribution in [-0.4, -0.2) is 18.0 Å². The highest BCUT2D eigenvalue weighted by molar-refractivity contribution is 5.98. The number of amides is 1. The zero-order valence-corrected chi connectivity index (χ0v) is 15.3. The molecule has 28 heavy (non-hydrogen) atoms. The highest BCUT2D eigenvalue weighted by Crippen LogP contribution is 2.14. The number of hydrogen-bond acceptors (Lipinski definition) is 5. The van der Waals surface area contributed by atoms with Crippen molar-refractivity contribution < 1.29 is 18.8 Å². The van der Waals surface area contributed by atoms with E-state index in [-0.39, 0.29) is 12.4 Å². The van der Waals surface area contributed by atoms with E-state index in [4.69, 9.17) is 9.57 Å². The van der Waals surface area contributed by atoms with E-state index in [1.807, 2.05) is 24.3 Å². The monoisotopic (exact) mass is 381 g/mol. The van der Waals surface area contributed by atoms with Crippen molar-refractivity contribution in [3.63, 3.8) is 0 Å². The molecule has 3 rings (SSSR count). The fourth-order valence-electron chi connectivity index (χ4n) is 2.48. The number of rotatable bonds is 8. The third-order valence-electron chi connectivity index (χ3n) is 3.99. The third-order valence-corrected chi connectivity index (χ3v) is 3.99. The molecule has 0 unspecified atom stereocenters. The molecule has 0 aliphatic heterocycles. The van der Waals surface area contributed by atoms with Gasteiger partial charge in [-0.2, -0.15) is 0 Å². The molecule has 0 spiro atoms. The number of hydroxylamine groups is 1. The molecule has 7 heteroatoms. The number of aromatic nitrogens is 1.